The first-order chi connectivity index (χ1) is 17.4. The van der Waals surface area contributed by atoms with Crippen LogP contribution in [-0.2, 0) is 22.6 Å². The number of nitrogens with one attached hydrogen (secondary N) is 1. The van der Waals surface area contributed by atoms with Crippen molar-refractivity contribution in [1.29, 1.82) is 0 Å². The number of nitrogens with zero attached hydrogens (tertiary/aromatic N) is 4. The number of thiazole rings is 1. The van der Waals surface area contributed by atoms with Gasteiger partial charge in [0.25, 0.3) is 0 Å². The smallest absolute Gasteiger partial charge is 0.354 e. The Morgan fingerprint density at radius 3 is 2.61 bits per heavy atom. The van der Waals surface area contributed by atoms with Crippen LogP contribution in [0.1, 0.15) is 48.2 Å². The van der Waals surface area contributed by atoms with Crippen molar-refractivity contribution in [2.45, 2.75) is 52.1 Å². The number of hydrogen-bond acceptors (Lipinski definition) is 8. The van der Waals surface area contributed by atoms with Gasteiger partial charge in [-0.3, -0.25) is 9.36 Å². The highest BCUT2D eigenvalue weighted by Crippen LogP contribution is 2.43. The molecule has 0 amide bonds. The number of rotatable bonds is 9. The molecule has 0 unspecified atom stereocenters. The van der Waals surface area contributed by atoms with E-state index < -0.39 is 17.3 Å². The maximum absolute atomic E-state index is 13.4. The first kappa shape index (κ1) is 23.9. The average molecular weight is 506 g/mol. The van der Waals surface area contributed by atoms with E-state index in [1.54, 1.807) is 18.3 Å². The van der Waals surface area contributed by atoms with E-state index in [1.807, 2.05) is 49.4 Å². The van der Waals surface area contributed by atoms with Crippen LogP contribution < -0.4 is 16.7 Å². The van der Waals surface area contributed by atoms with E-state index in [1.165, 1.54) is 17.4 Å². The van der Waals surface area contributed by atoms with Crippen LogP contribution in [0.15, 0.2) is 52.1 Å². The van der Waals surface area contributed by atoms with Gasteiger partial charge in [-0.1, -0.05) is 29.8 Å². The predicted molar refractivity (Wildman–Crippen MR) is 139 cm³/mol. The Bertz CT molecular complexity index is 1530. The van der Waals surface area contributed by atoms with Crippen molar-refractivity contribution in [1.82, 2.24) is 19.1 Å². The lowest BCUT2D eigenvalue weighted by atomic mass is 10.1. The summed E-state index contributed by atoms with van der Waals surface area (Å²) in [6.45, 7) is 4.04. The second kappa shape index (κ2) is 10.1. The highest BCUT2D eigenvalue weighted by molar-refractivity contribution is 7.18. The summed E-state index contributed by atoms with van der Waals surface area (Å²) in [6.07, 6.45) is 2.28. The lowest BCUT2D eigenvalue weighted by Gasteiger charge is -2.16. The number of benzene rings is 2. The number of aromatic nitrogens is 4. The lowest BCUT2D eigenvalue weighted by Crippen LogP contribution is -2.43. The van der Waals surface area contributed by atoms with Gasteiger partial charge in [-0.25, -0.2) is 19.1 Å². The summed E-state index contributed by atoms with van der Waals surface area (Å²) in [5, 5.41) is 4.32. The molecule has 10 heteroatoms. The van der Waals surface area contributed by atoms with Crippen molar-refractivity contribution in [3.8, 4) is 0 Å². The zero-order valence-corrected chi connectivity index (χ0v) is 21.0. The van der Waals surface area contributed by atoms with Crippen LogP contribution >= 0.6 is 11.3 Å². The largest absolute Gasteiger partial charge is 0.466 e. The first-order valence-corrected chi connectivity index (χ1v) is 12.8. The van der Waals surface area contributed by atoms with E-state index >= 15 is 0 Å². The van der Waals surface area contributed by atoms with Crippen LogP contribution in [-0.4, -0.2) is 31.7 Å². The molecule has 36 heavy (non-hydrogen) atoms. The summed E-state index contributed by atoms with van der Waals surface area (Å²) in [5.74, 6) is 0.242. The number of carbonyl (C=O) groups is 1. The molecule has 0 spiro atoms. The molecule has 1 N–H and O–H groups in total. The molecule has 0 saturated heterocycles. The second-order valence-electron chi connectivity index (χ2n) is 8.91. The Morgan fingerprint density at radius 1 is 1.11 bits per heavy atom. The minimum atomic E-state index is -0.721. The molecule has 0 aliphatic heterocycles. The zero-order chi connectivity index (χ0) is 25.2. The van der Waals surface area contributed by atoms with Gasteiger partial charge in [-0.15, -0.1) is 11.3 Å². The van der Waals surface area contributed by atoms with E-state index in [9.17, 15) is 14.4 Å². The number of ether oxygens (including phenoxy) is 1. The monoisotopic (exact) mass is 505 g/mol. The first-order valence-electron chi connectivity index (χ1n) is 12.0. The Kier molecular flexibility index (Phi) is 6.69. The van der Waals surface area contributed by atoms with Gasteiger partial charge in [0.1, 0.15) is 0 Å². The summed E-state index contributed by atoms with van der Waals surface area (Å²) in [4.78, 5) is 47.0. The van der Waals surface area contributed by atoms with Gasteiger partial charge in [0.2, 0.25) is 5.95 Å². The van der Waals surface area contributed by atoms with Crippen molar-refractivity contribution >= 4 is 39.2 Å². The lowest BCUT2D eigenvalue weighted by molar-refractivity contribution is -0.143. The topological polar surface area (TPSA) is 108 Å². The number of fused-ring (bicyclic) bond motifs is 1. The molecule has 5 rings (SSSR count). The molecule has 0 bridgehead atoms. The van der Waals surface area contributed by atoms with Gasteiger partial charge in [0.05, 0.1) is 34.8 Å². The number of hydrogen-bond donors (Lipinski definition) is 1. The fraction of sp³-hybridized carbons (Fsp3) is 0.346. The third kappa shape index (κ3) is 5.23. The fourth-order valence-electron chi connectivity index (χ4n) is 3.93. The van der Waals surface area contributed by atoms with Gasteiger partial charge >= 0.3 is 17.3 Å². The molecular weight excluding hydrogens is 478 g/mol. The molecule has 1 aliphatic carbocycles. The van der Waals surface area contributed by atoms with Crippen LogP contribution in [0, 0.1) is 6.92 Å². The Hall–Kier alpha value is -3.79. The van der Waals surface area contributed by atoms with Crippen LogP contribution in [0.2, 0.25) is 0 Å². The van der Waals surface area contributed by atoms with Crippen LogP contribution in [0.5, 0.6) is 0 Å². The number of esters is 1. The number of aryl methyl sites for hydroxylation is 1. The Labute approximate surface area is 211 Å². The molecule has 2 aromatic carbocycles. The quantitative estimate of drug-likeness (QED) is 0.343. The third-order valence-corrected chi connectivity index (χ3v) is 7.22. The van der Waals surface area contributed by atoms with Crippen LogP contribution in [0.25, 0.3) is 10.2 Å². The highest BCUT2D eigenvalue weighted by Gasteiger charge is 2.27. The highest BCUT2D eigenvalue weighted by atomic mass is 32.1. The molecule has 186 valence electrons. The molecule has 1 saturated carbocycles. The molecule has 2 aromatic heterocycles. The van der Waals surface area contributed by atoms with Gasteiger partial charge < -0.3 is 10.1 Å². The van der Waals surface area contributed by atoms with Crippen molar-refractivity contribution < 1.29 is 9.53 Å². The van der Waals surface area contributed by atoms with Crippen LogP contribution in [0.3, 0.4) is 0 Å². The van der Waals surface area contributed by atoms with Gasteiger partial charge in [0.15, 0.2) is 0 Å². The summed E-state index contributed by atoms with van der Waals surface area (Å²) in [6, 6.07) is 13.6. The molecule has 0 radical (unpaired) electrons. The normalized spacial score (nSPS) is 13.2. The SMILES string of the molecule is CCOC(=O)CCn1c(=O)nc(Nc2ccc3nc(C4CC4)sc3c2)n(Cc2ccc(C)cc2)c1=O. The maximum atomic E-state index is 13.4. The zero-order valence-electron chi connectivity index (χ0n) is 20.2. The molecule has 9 nitrogen and oxygen atoms in total. The van der Waals surface area contributed by atoms with Crippen molar-refractivity contribution in [3.63, 3.8) is 0 Å². The van der Waals surface area contributed by atoms with Gasteiger partial charge in [-0.2, -0.15) is 4.98 Å². The van der Waals surface area contributed by atoms with E-state index in [2.05, 4.69) is 10.3 Å². The Morgan fingerprint density at radius 2 is 1.89 bits per heavy atom. The minimum Gasteiger partial charge on any atom is -0.466 e. The fourth-order valence-corrected chi connectivity index (χ4v) is 5.10. The minimum absolute atomic E-state index is 0.0899. The Balaban J connectivity index is 1.50. The number of carbonyl (C=O) groups excluding carboxylic acids is 1. The summed E-state index contributed by atoms with van der Waals surface area (Å²) in [7, 11) is 0. The van der Waals surface area contributed by atoms with Crippen molar-refractivity contribution in [3.05, 3.63) is 79.6 Å². The molecule has 1 aliphatic rings. The van der Waals surface area contributed by atoms with E-state index in [0.29, 0.717) is 11.6 Å². The standard InChI is InChI=1S/C26H27N5O4S/c1-3-35-22(32)12-13-30-25(33)29-24(31(26(30)34)15-17-6-4-16(2)5-7-17)27-19-10-11-20-21(14-19)36-23(28-20)18-8-9-18/h4-7,10-11,14,18H,3,8-9,12-13,15H2,1-2H3,(H,27,29,33). The van der Waals surface area contributed by atoms with E-state index in [0.717, 1.165) is 30.9 Å². The van der Waals surface area contributed by atoms with E-state index in [-0.39, 0.29) is 32.1 Å². The third-order valence-electron chi connectivity index (χ3n) is 6.04. The summed E-state index contributed by atoms with van der Waals surface area (Å²) >= 11 is 1.67. The van der Waals surface area contributed by atoms with E-state index in [4.69, 9.17) is 9.72 Å². The maximum Gasteiger partial charge on any atom is 0.354 e. The van der Waals surface area contributed by atoms with Gasteiger partial charge in [-0.05, 0) is 50.5 Å². The summed E-state index contributed by atoms with van der Waals surface area (Å²) < 4.78 is 8.37. The number of anilines is 2. The van der Waals surface area contributed by atoms with Crippen molar-refractivity contribution in [2.24, 2.45) is 0 Å². The molecular formula is C26H27N5O4S. The second-order valence-corrected chi connectivity index (χ2v) is 9.98. The molecule has 1 fully saturated rings. The van der Waals surface area contributed by atoms with Crippen molar-refractivity contribution in [2.75, 3.05) is 11.9 Å². The summed E-state index contributed by atoms with van der Waals surface area (Å²) in [5.41, 5.74) is 2.37. The molecule has 4 aromatic rings. The average Bonchev–Trinajstić information content (AvgIpc) is 3.62. The molecule has 2 heterocycles. The van der Waals surface area contributed by atoms with Gasteiger partial charge in [0, 0.05) is 18.2 Å². The predicted octanol–water partition coefficient (Wildman–Crippen LogP) is 3.95. The van der Waals surface area contributed by atoms with Crippen LogP contribution in [0.4, 0.5) is 11.6 Å². The molecule has 0 atom stereocenters.